The van der Waals surface area contributed by atoms with Crippen LogP contribution in [0.15, 0.2) is 49.1 Å². The Bertz CT molecular complexity index is 1350. The summed E-state index contributed by atoms with van der Waals surface area (Å²) in [7, 11) is 1.55. The first-order valence-corrected chi connectivity index (χ1v) is 12.7. The second-order valence-corrected chi connectivity index (χ2v) is 8.94. The monoisotopic (exact) mass is 522 g/mol. The summed E-state index contributed by atoms with van der Waals surface area (Å²) < 4.78 is 22.5. The normalized spacial score (nSPS) is 12.4. The van der Waals surface area contributed by atoms with Gasteiger partial charge in [-0.3, -0.25) is 9.48 Å². The molecule has 0 unspecified atom stereocenters. The summed E-state index contributed by atoms with van der Waals surface area (Å²) in [5.74, 6) is 0.200. The maximum Gasteiger partial charge on any atom is 0.241 e. The molecular weight excluding hydrogens is 487 g/mol. The van der Waals surface area contributed by atoms with Crippen LogP contribution in [-0.2, 0) is 22.6 Å². The van der Waals surface area contributed by atoms with Crippen LogP contribution in [0.3, 0.4) is 0 Å². The van der Waals surface area contributed by atoms with Gasteiger partial charge in [0.2, 0.25) is 5.91 Å². The quantitative estimate of drug-likeness (QED) is 0.357. The van der Waals surface area contributed by atoms with Gasteiger partial charge in [-0.25, -0.2) is 13.9 Å². The number of carbonyl (C=O) groups excluding carboxylic acids is 2. The van der Waals surface area contributed by atoms with E-state index in [0.717, 1.165) is 48.7 Å². The van der Waals surface area contributed by atoms with Crippen LogP contribution in [0, 0.1) is 12.7 Å². The Morgan fingerprint density at radius 3 is 2.71 bits per heavy atom. The lowest BCUT2D eigenvalue weighted by Gasteiger charge is -2.26. The van der Waals surface area contributed by atoms with Crippen molar-refractivity contribution in [1.29, 1.82) is 0 Å². The fraction of sp³-hybridized carbons (Fsp3) is 0.393. The van der Waals surface area contributed by atoms with Crippen LogP contribution in [-0.4, -0.2) is 49.7 Å². The number of nitrogens with one attached hydrogen (secondary N) is 1. The smallest absolute Gasteiger partial charge is 0.241 e. The minimum Gasteiger partial charge on any atom is -0.496 e. The Morgan fingerprint density at radius 1 is 1.32 bits per heavy atom. The van der Waals surface area contributed by atoms with Gasteiger partial charge in [0.1, 0.15) is 24.4 Å². The summed E-state index contributed by atoms with van der Waals surface area (Å²) in [6.45, 7) is 5.69. The summed E-state index contributed by atoms with van der Waals surface area (Å²) in [6.07, 6.45) is 13.1. The molecule has 1 aliphatic carbocycles. The van der Waals surface area contributed by atoms with Gasteiger partial charge in [0.05, 0.1) is 19.0 Å². The fourth-order valence-electron chi connectivity index (χ4n) is 4.01. The molecule has 1 amide bonds. The molecule has 4 aromatic rings. The molecule has 0 saturated heterocycles. The van der Waals surface area contributed by atoms with Crippen LogP contribution in [0.25, 0.3) is 16.9 Å². The molecule has 0 aliphatic heterocycles. The van der Waals surface area contributed by atoms with E-state index in [-0.39, 0.29) is 18.3 Å². The number of fused-ring (bicyclic) bond motifs is 1. The van der Waals surface area contributed by atoms with Gasteiger partial charge in [0.25, 0.3) is 0 Å². The number of aromatic nitrogens is 5. The van der Waals surface area contributed by atoms with Crippen molar-refractivity contribution in [2.24, 2.45) is 0 Å². The highest BCUT2D eigenvalue weighted by molar-refractivity contribution is 5.76. The molecule has 1 aliphatic rings. The Balaban J connectivity index is 0.000000253. The highest BCUT2D eigenvalue weighted by Gasteiger charge is 2.21. The van der Waals surface area contributed by atoms with Gasteiger partial charge in [-0.2, -0.15) is 10.2 Å². The number of benzene rings is 1. The third-order valence-corrected chi connectivity index (χ3v) is 6.00. The van der Waals surface area contributed by atoms with Gasteiger partial charge in [-0.15, -0.1) is 0 Å². The van der Waals surface area contributed by atoms with E-state index in [4.69, 9.17) is 9.53 Å². The molecule has 9 nitrogen and oxygen atoms in total. The lowest BCUT2D eigenvalue weighted by Crippen LogP contribution is -2.41. The fourth-order valence-corrected chi connectivity index (χ4v) is 4.01. The van der Waals surface area contributed by atoms with Crippen molar-refractivity contribution in [3.63, 3.8) is 0 Å². The molecule has 38 heavy (non-hydrogen) atoms. The van der Waals surface area contributed by atoms with Crippen molar-refractivity contribution in [3.05, 3.63) is 66.0 Å². The molecule has 0 atom stereocenters. The highest BCUT2D eigenvalue weighted by Crippen LogP contribution is 2.32. The maximum absolute atomic E-state index is 13.7. The summed E-state index contributed by atoms with van der Waals surface area (Å²) in [4.78, 5) is 25.1. The lowest BCUT2D eigenvalue weighted by atomic mass is 9.93. The van der Waals surface area contributed by atoms with E-state index in [9.17, 15) is 9.18 Å². The highest BCUT2D eigenvalue weighted by atomic mass is 19.1. The molecule has 5 rings (SSSR count). The van der Waals surface area contributed by atoms with Crippen molar-refractivity contribution < 1.29 is 18.7 Å². The van der Waals surface area contributed by atoms with Crippen molar-refractivity contribution in [3.8, 4) is 17.0 Å². The van der Waals surface area contributed by atoms with E-state index in [0.29, 0.717) is 23.0 Å². The number of nitrogens with zero attached hydrogens (tertiary/aromatic N) is 5. The first-order chi connectivity index (χ1) is 18.4. The molecule has 0 bridgehead atoms. The van der Waals surface area contributed by atoms with E-state index < -0.39 is 0 Å². The predicted molar refractivity (Wildman–Crippen MR) is 143 cm³/mol. The van der Waals surface area contributed by atoms with Crippen LogP contribution in [0.2, 0.25) is 0 Å². The van der Waals surface area contributed by atoms with Crippen LogP contribution >= 0.6 is 0 Å². The van der Waals surface area contributed by atoms with E-state index >= 15 is 0 Å². The number of methoxy groups -OCH3 is 1. The van der Waals surface area contributed by atoms with E-state index in [2.05, 4.69) is 27.4 Å². The number of rotatable bonds is 7. The molecule has 0 spiro atoms. The molecule has 1 fully saturated rings. The van der Waals surface area contributed by atoms with Crippen LogP contribution in [0.1, 0.15) is 50.7 Å². The van der Waals surface area contributed by atoms with Crippen LogP contribution in [0.4, 0.5) is 4.39 Å². The minimum atomic E-state index is -0.337. The SMILES string of the molecule is CC=O.CCCc1cn(CC(=O)NC2CCC2)nc1-c1cc(F)ccc1OC.Cc1cnn2cccnc12. The number of aldehydes is 1. The minimum absolute atomic E-state index is 0.0343. The van der Waals surface area contributed by atoms with Gasteiger partial charge in [0.15, 0.2) is 5.65 Å². The van der Waals surface area contributed by atoms with Crippen molar-refractivity contribution >= 4 is 17.8 Å². The number of ether oxygens (including phenoxy) is 1. The second-order valence-electron chi connectivity index (χ2n) is 8.94. The van der Waals surface area contributed by atoms with Crippen molar-refractivity contribution in [2.45, 2.75) is 65.5 Å². The van der Waals surface area contributed by atoms with Gasteiger partial charge >= 0.3 is 0 Å². The summed E-state index contributed by atoms with van der Waals surface area (Å²) in [5.41, 5.74) is 4.32. The zero-order chi connectivity index (χ0) is 27.5. The second kappa shape index (κ2) is 14.0. The Kier molecular flexibility index (Phi) is 10.5. The Hall–Kier alpha value is -4.08. The van der Waals surface area contributed by atoms with Crippen LogP contribution < -0.4 is 10.1 Å². The number of hydrogen-bond acceptors (Lipinski definition) is 6. The largest absolute Gasteiger partial charge is 0.496 e. The molecule has 3 heterocycles. The Labute approximate surface area is 222 Å². The van der Waals surface area contributed by atoms with Gasteiger partial charge < -0.3 is 14.8 Å². The number of carbonyl (C=O) groups is 2. The zero-order valence-corrected chi connectivity index (χ0v) is 22.4. The van der Waals surface area contributed by atoms with Crippen molar-refractivity contribution in [1.82, 2.24) is 29.7 Å². The number of halogens is 1. The summed E-state index contributed by atoms with van der Waals surface area (Å²) >= 11 is 0. The van der Waals surface area contributed by atoms with Crippen molar-refractivity contribution in [2.75, 3.05) is 7.11 Å². The summed E-state index contributed by atoms with van der Waals surface area (Å²) in [6, 6.07) is 6.56. The predicted octanol–water partition coefficient (Wildman–Crippen LogP) is 4.56. The third kappa shape index (κ3) is 7.47. The average molecular weight is 523 g/mol. The molecular formula is C28H35FN6O3. The topological polar surface area (TPSA) is 103 Å². The van der Waals surface area contributed by atoms with E-state index in [1.807, 2.05) is 31.6 Å². The molecule has 10 heteroatoms. The zero-order valence-electron chi connectivity index (χ0n) is 22.4. The first kappa shape index (κ1) is 28.5. The summed E-state index contributed by atoms with van der Waals surface area (Å²) in [5, 5.41) is 11.6. The van der Waals surface area contributed by atoms with Gasteiger partial charge in [-0.05, 0) is 69.4 Å². The Morgan fingerprint density at radius 2 is 2.08 bits per heavy atom. The number of aryl methyl sites for hydroxylation is 2. The molecule has 1 aromatic carbocycles. The number of amides is 1. The molecule has 1 saturated carbocycles. The standard InChI is InChI=1S/C19H24FN3O2.C7H7N3.C2H4O/c1-3-5-13-11-23(12-18(24)21-15-6-4-7-15)22-19(13)16-10-14(20)8-9-17(16)25-2;1-6-5-9-10-4-2-3-8-7(6)10;1-2-3/h8-11,15H,3-7,12H2,1-2H3,(H,21,24);2-5H,1H3;2H,1H3. The first-order valence-electron chi connectivity index (χ1n) is 12.7. The number of hydrogen-bond donors (Lipinski definition) is 1. The third-order valence-electron chi connectivity index (χ3n) is 6.00. The maximum atomic E-state index is 13.7. The average Bonchev–Trinajstić information content (AvgIpc) is 3.46. The molecule has 202 valence electrons. The van der Waals surface area contributed by atoms with E-state index in [1.54, 1.807) is 28.6 Å². The molecule has 0 radical (unpaired) electrons. The van der Waals surface area contributed by atoms with Gasteiger partial charge in [0, 0.05) is 35.8 Å². The van der Waals surface area contributed by atoms with Crippen LogP contribution in [0.5, 0.6) is 5.75 Å². The van der Waals surface area contributed by atoms with Gasteiger partial charge in [-0.1, -0.05) is 13.3 Å². The molecule has 1 N–H and O–H groups in total. The molecule has 3 aromatic heterocycles. The lowest BCUT2D eigenvalue weighted by molar-refractivity contribution is -0.123. The van der Waals surface area contributed by atoms with E-state index in [1.165, 1.54) is 25.5 Å².